The smallest absolute Gasteiger partial charge is 0.276 e. The van der Waals surface area contributed by atoms with E-state index in [1.807, 2.05) is 49.4 Å². The molecule has 2 aromatic carbocycles. The molecule has 0 saturated heterocycles. The van der Waals surface area contributed by atoms with Crippen molar-refractivity contribution in [2.45, 2.75) is 31.7 Å². The lowest BCUT2D eigenvalue weighted by Crippen LogP contribution is -2.30. The molecule has 1 aromatic heterocycles. The molecule has 1 fully saturated rings. The van der Waals surface area contributed by atoms with Crippen molar-refractivity contribution in [3.05, 3.63) is 83.2 Å². The number of hydrogen-bond acceptors (Lipinski definition) is 4. The van der Waals surface area contributed by atoms with Gasteiger partial charge < -0.3 is 14.7 Å². The van der Waals surface area contributed by atoms with Crippen LogP contribution in [0.25, 0.3) is 0 Å². The van der Waals surface area contributed by atoms with Crippen LogP contribution in [0.15, 0.2) is 65.2 Å². The van der Waals surface area contributed by atoms with E-state index in [2.05, 4.69) is 10.5 Å². The fourth-order valence-electron chi connectivity index (χ4n) is 3.20. The second kappa shape index (κ2) is 7.91. The summed E-state index contributed by atoms with van der Waals surface area (Å²) in [6.07, 6.45) is 2.19. The van der Waals surface area contributed by atoms with Crippen molar-refractivity contribution < 1.29 is 14.1 Å². The predicted molar refractivity (Wildman–Crippen MR) is 110 cm³/mol. The normalized spacial score (nSPS) is 14.3. The molecule has 1 saturated carbocycles. The van der Waals surface area contributed by atoms with Crippen LogP contribution in [0, 0.1) is 0 Å². The molecule has 1 unspecified atom stereocenters. The molecule has 6 nitrogen and oxygen atoms in total. The number of rotatable bonds is 6. The molecule has 0 bridgehead atoms. The third-order valence-electron chi connectivity index (χ3n) is 5.29. The molecule has 1 aliphatic carbocycles. The molecule has 148 valence electrons. The number of nitrogens with one attached hydrogen (secondary N) is 1. The first-order valence-electron chi connectivity index (χ1n) is 9.73. The van der Waals surface area contributed by atoms with Gasteiger partial charge in [-0.15, -0.1) is 0 Å². The van der Waals surface area contributed by atoms with Gasteiger partial charge in [0.1, 0.15) is 5.76 Å². The zero-order valence-corrected chi connectivity index (χ0v) is 16.5. The molecule has 3 aromatic rings. The minimum Gasteiger partial charge on any atom is -0.360 e. The highest BCUT2D eigenvalue weighted by Gasteiger charge is 2.30. The summed E-state index contributed by atoms with van der Waals surface area (Å²) in [5.74, 6) is 0.846. The molecular weight excluding hydrogens is 366 g/mol. The van der Waals surface area contributed by atoms with Crippen molar-refractivity contribution >= 4 is 17.5 Å². The van der Waals surface area contributed by atoms with E-state index >= 15 is 0 Å². The summed E-state index contributed by atoms with van der Waals surface area (Å²) in [4.78, 5) is 26.8. The van der Waals surface area contributed by atoms with Crippen molar-refractivity contribution in [1.82, 2.24) is 10.1 Å². The van der Waals surface area contributed by atoms with Crippen LogP contribution in [0.1, 0.15) is 63.9 Å². The molecule has 1 heterocycles. The summed E-state index contributed by atoms with van der Waals surface area (Å²) in [7, 11) is 1.74. The number of benzene rings is 2. The van der Waals surface area contributed by atoms with Crippen molar-refractivity contribution in [2.24, 2.45) is 0 Å². The molecular formula is C23H23N3O3. The maximum Gasteiger partial charge on any atom is 0.276 e. The van der Waals surface area contributed by atoms with E-state index in [0.717, 1.165) is 24.2 Å². The SMILES string of the molecule is CC(c1cccc(NC(=O)c2ccccc2)c1)N(C)C(=O)c1cc(C2CC2)on1. The highest BCUT2D eigenvalue weighted by atomic mass is 16.5. The van der Waals surface area contributed by atoms with Gasteiger partial charge in [0.15, 0.2) is 5.69 Å². The van der Waals surface area contributed by atoms with Crippen LogP contribution in [0.3, 0.4) is 0 Å². The highest BCUT2D eigenvalue weighted by Crippen LogP contribution is 2.40. The number of amides is 2. The Hall–Kier alpha value is -3.41. The lowest BCUT2D eigenvalue weighted by Gasteiger charge is -2.25. The van der Waals surface area contributed by atoms with Crippen LogP contribution in [0.2, 0.25) is 0 Å². The standard InChI is InChI=1S/C23H23N3O3/c1-15(26(2)23(28)20-14-21(29-25-20)16-11-12-16)18-9-6-10-19(13-18)24-22(27)17-7-4-3-5-8-17/h3-10,13-16H,11-12H2,1-2H3,(H,24,27). The van der Waals surface area contributed by atoms with Gasteiger partial charge in [-0.1, -0.05) is 35.5 Å². The molecule has 29 heavy (non-hydrogen) atoms. The van der Waals surface area contributed by atoms with E-state index in [-0.39, 0.29) is 17.9 Å². The summed E-state index contributed by atoms with van der Waals surface area (Å²) < 4.78 is 5.31. The van der Waals surface area contributed by atoms with Gasteiger partial charge in [0.05, 0.1) is 6.04 Å². The Morgan fingerprint density at radius 3 is 2.59 bits per heavy atom. The number of carbonyl (C=O) groups is 2. The molecule has 0 aliphatic heterocycles. The van der Waals surface area contributed by atoms with Crippen molar-refractivity contribution in [1.29, 1.82) is 0 Å². The maximum atomic E-state index is 12.8. The first kappa shape index (κ1) is 18.9. The van der Waals surface area contributed by atoms with Gasteiger partial charge >= 0.3 is 0 Å². The fraction of sp³-hybridized carbons (Fsp3) is 0.261. The van der Waals surface area contributed by atoms with Gasteiger partial charge in [-0.25, -0.2) is 0 Å². The second-order valence-corrected chi connectivity index (χ2v) is 7.43. The Labute approximate surface area is 169 Å². The zero-order valence-electron chi connectivity index (χ0n) is 16.5. The Balaban J connectivity index is 1.46. The largest absolute Gasteiger partial charge is 0.360 e. The minimum absolute atomic E-state index is 0.171. The molecule has 0 spiro atoms. The van der Waals surface area contributed by atoms with E-state index in [1.165, 1.54) is 0 Å². The molecule has 1 aliphatic rings. The van der Waals surface area contributed by atoms with Crippen molar-refractivity contribution in [3.8, 4) is 0 Å². The van der Waals surface area contributed by atoms with Crippen LogP contribution in [0.5, 0.6) is 0 Å². The summed E-state index contributed by atoms with van der Waals surface area (Å²) in [6.45, 7) is 1.94. The predicted octanol–water partition coefficient (Wildman–Crippen LogP) is 4.64. The third kappa shape index (κ3) is 4.21. The molecule has 1 N–H and O–H groups in total. The minimum atomic E-state index is -0.197. The van der Waals surface area contributed by atoms with Gasteiger partial charge in [-0.3, -0.25) is 9.59 Å². The first-order chi connectivity index (χ1) is 14.0. The van der Waals surface area contributed by atoms with Crippen LogP contribution in [0.4, 0.5) is 5.69 Å². The van der Waals surface area contributed by atoms with E-state index < -0.39 is 0 Å². The van der Waals surface area contributed by atoms with Gasteiger partial charge in [0.25, 0.3) is 11.8 Å². The van der Waals surface area contributed by atoms with E-state index in [4.69, 9.17) is 4.52 Å². The lowest BCUT2D eigenvalue weighted by atomic mass is 10.1. The van der Waals surface area contributed by atoms with Gasteiger partial charge in [0.2, 0.25) is 0 Å². The third-order valence-corrected chi connectivity index (χ3v) is 5.29. The molecule has 0 radical (unpaired) electrons. The lowest BCUT2D eigenvalue weighted by molar-refractivity contribution is 0.0731. The number of carbonyl (C=O) groups excluding carboxylic acids is 2. The number of anilines is 1. The van der Waals surface area contributed by atoms with E-state index in [0.29, 0.717) is 22.9 Å². The van der Waals surface area contributed by atoms with Gasteiger partial charge in [-0.2, -0.15) is 0 Å². The van der Waals surface area contributed by atoms with Crippen LogP contribution < -0.4 is 5.32 Å². The van der Waals surface area contributed by atoms with E-state index in [9.17, 15) is 9.59 Å². The van der Waals surface area contributed by atoms with Crippen molar-refractivity contribution in [2.75, 3.05) is 12.4 Å². The van der Waals surface area contributed by atoms with Crippen LogP contribution in [-0.2, 0) is 0 Å². The second-order valence-electron chi connectivity index (χ2n) is 7.43. The maximum absolute atomic E-state index is 12.8. The molecule has 2 amide bonds. The monoisotopic (exact) mass is 389 g/mol. The zero-order chi connectivity index (χ0) is 20.4. The first-order valence-corrected chi connectivity index (χ1v) is 9.73. The number of nitrogens with zero attached hydrogens (tertiary/aromatic N) is 2. The Morgan fingerprint density at radius 2 is 1.86 bits per heavy atom. The topological polar surface area (TPSA) is 75.4 Å². The highest BCUT2D eigenvalue weighted by molar-refractivity contribution is 6.04. The Bertz CT molecular complexity index is 1020. The summed E-state index contributed by atoms with van der Waals surface area (Å²) >= 11 is 0. The summed E-state index contributed by atoms with van der Waals surface area (Å²) in [6, 6.07) is 18.1. The van der Waals surface area contributed by atoms with Gasteiger partial charge in [-0.05, 0) is 49.6 Å². The molecule has 1 atom stereocenters. The molecule has 4 rings (SSSR count). The molecule has 6 heteroatoms. The average molecular weight is 389 g/mol. The Kier molecular flexibility index (Phi) is 5.16. The average Bonchev–Trinajstić information content (AvgIpc) is 3.49. The Morgan fingerprint density at radius 1 is 1.10 bits per heavy atom. The summed E-state index contributed by atoms with van der Waals surface area (Å²) in [5, 5.41) is 6.85. The number of aromatic nitrogens is 1. The van der Waals surface area contributed by atoms with Crippen molar-refractivity contribution in [3.63, 3.8) is 0 Å². The van der Waals surface area contributed by atoms with Gasteiger partial charge in [0, 0.05) is 30.3 Å². The van der Waals surface area contributed by atoms with Crippen LogP contribution in [-0.4, -0.2) is 28.9 Å². The fourth-order valence-corrected chi connectivity index (χ4v) is 3.20. The van der Waals surface area contributed by atoms with E-state index in [1.54, 1.807) is 30.1 Å². The van der Waals surface area contributed by atoms with Crippen LogP contribution >= 0.6 is 0 Å². The number of hydrogen-bond donors (Lipinski definition) is 1. The quantitative estimate of drug-likeness (QED) is 0.666. The summed E-state index contributed by atoms with van der Waals surface area (Å²) in [5.41, 5.74) is 2.52.